The molecule has 6 heteroatoms. The van der Waals surface area contributed by atoms with Crippen LogP contribution >= 0.6 is 22.9 Å². The Kier molecular flexibility index (Phi) is 6.12. The highest BCUT2D eigenvalue weighted by Gasteiger charge is 2.11. The molecule has 0 bridgehead atoms. The topological polar surface area (TPSA) is 53.3 Å². The molecule has 2 aromatic carbocycles. The molecule has 0 N–H and O–H groups in total. The summed E-state index contributed by atoms with van der Waals surface area (Å²) < 4.78 is 6.31. The van der Waals surface area contributed by atoms with Gasteiger partial charge in [-0.1, -0.05) is 35.9 Å². The minimum atomic E-state index is -0.101. The smallest absolute Gasteiger partial charge is 0.260 e. The van der Waals surface area contributed by atoms with Crippen LogP contribution in [0, 0.1) is 11.3 Å². The molecule has 0 saturated heterocycles. The third-order valence-electron chi connectivity index (χ3n) is 4.01. The molecule has 0 unspecified atom stereocenters. The summed E-state index contributed by atoms with van der Waals surface area (Å²) >= 11 is 7.38. The predicted octanol–water partition coefficient (Wildman–Crippen LogP) is 4.98. The molecule has 0 fully saturated rings. The van der Waals surface area contributed by atoms with Crippen molar-refractivity contribution >= 4 is 28.8 Å². The number of carbonyl (C=O) groups is 1. The van der Waals surface area contributed by atoms with Crippen molar-refractivity contribution in [3.63, 3.8) is 0 Å². The van der Waals surface area contributed by atoms with E-state index < -0.39 is 0 Å². The summed E-state index contributed by atoms with van der Waals surface area (Å²) in [6, 6.07) is 20.8. The van der Waals surface area contributed by atoms with Crippen LogP contribution in [-0.4, -0.2) is 24.5 Å². The molecule has 1 heterocycles. The largest absolute Gasteiger partial charge is 0.484 e. The molecular formula is C21H17ClN2O2S. The molecule has 0 saturated carbocycles. The van der Waals surface area contributed by atoms with E-state index >= 15 is 0 Å². The highest BCUT2D eigenvalue weighted by Crippen LogP contribution is 2.24. The highest BCUT2D eigenvalue weighted by molar-refractivity contribution is 7.16. The third kappa shape index (κ3) is 5.10. The zero-order valence-corrected chi connectivity index (χ0v) is 16.3. The number of thiophene rings is 1. The fourth-order valence-electron chi connectivity index (χ4n) is 2.49. The van der Waals surface area contributed by atoms with Crippen molar-refractivity contribution < 1.29 is 9.53 Å². The summed E-state index contributed by atoms with van der Waals surface area (Å²) in [7, 11) is 1.74. The van der Waals surface area contributed by atoms with E-state index in [1.165, 1.54) is 11.3 Å². The molecule has 0 atom stereocenters. The van der Waals surface area contributed by atoms with Gasteiger partial charge in [-0.2, -0.15) is 5.26 Å². The molecule has 4 nitrogen and oxygen atoms in total. The Hall–Kier alpha value is -2.81. The standard InChI is InChI=1S/C21H17ClN2O2S/c1-24(13-19-10-11-20(22)27-19)21(25)14-26-18-8-6-17(7-9-18)16-4-2-15(12-23)3-5-16/h2-11H,13-14H2,1H3. The van der Waals surface area contributed by atoms with Crippen LogP contribution in [0.3, 0.4) is 0 Å². The first-order valence-electron chi connectivity index (χ1n) is 8.27. The van der Waals surface area contributed by atoms with Crippen LogP contribution in [-0.2, 0) is 11.3 Å². The van der Waals surface area contributed by atoms with Gasteiger partial charge >= 0.3 is 0 Å². The molecule has 0 aliphatic rings. The number of likely N-dealkylation sites (N-methyl/N-ethyl adjacent to an activating group) is 1. The number of rotatable bonds is 6. The Bertz CT molecular complexity index is 959. The molecular weight excluding hydrogens is 380 g/mol. The van der Waals surface area contributed by atoms with E-state index in [4.69, 9.17) is 21.6 Å². The number of benzene rings is 2. The molecule has 0 spiro atoms. The Morgan fingerprint density at radius 2 is 1.70 bits per heavy atom. The van der Waals surface area contributed by atoms with Gasteiger partial charge in [0.25, 0.3) is 5.91 Å². The maximum absolute atomic E-state index is 12.2. The van der Waals surface area contributed by atoms with Gasteiger partial charge in [0.1, 0.15) is 5.75 Å². The first-order chi connectivity index (χ1) is 13.0. The van der Waals surface area contributed by atoms with E-state index in [0.717, 1.165) is 16.0 Å². The number of nitrogens with zero attached hydrogens (tertiary/aromatic N) is 2. The number of hydrogen-bond donors (Lipinski definition) is 0. The van der Waals surface area contributed by atoms with Gasteiger partial charge in [-0.3, -0.25) is 4.79 Å². The zero-order chi connectivity index (χ0) is 19.2. The molecule has 136 valence electrons. The van der Waals surface area contributed by atoms with Crippen LogP contribution in [0.2, 0.25) is 4.34 Å². The maximum Gasteiger partial charge on any atom is 0.260 e. The predicted molar refractivity (Wildman–Crippen MR) is 108 cm³/mol. The zero-order valence-electron chi connectivity index (χ0n) is 14.7. The minimum absolute atomic E-state index is 0.0220. The molecule has 1 aromatic heterocycles. The van der Waals surface area contributed by atoms with Crippen molar-refractivity contribution in [2.45, 2.75) is 6.54 Å². The molecule has 1 amide bonds. The van der Waals surface area contributed by atoms with Crippen molar-refractivity contribution in [2.75, 3.05) is 13.7 Å². The van der Waals surface area contributed by atoms with Crippen LogP contribution in [0.1, 0.15) is 10.4 Å². The average molecular weight is 397 g/mol. The second-order valence-electron chi connectivity index (χ2n) is 5.96. The third-order valence-corrected chi connectivity index (χ3v) is 5.23. The molecule has 27 heavy (non-hydrogen) atoms. The Morgan fingerprint density at radius 3 is 2.26 bits per heavy atom. The van der Waals surface area contributed by atoms with Crippen molar-refractivity contribution in [3.8, 4) is 22.9 Å². The average Bonchev–Trinajstić information content (AvgIpc) is 3.11. The van der Waals surface area contributed by atoms with Crippen LogP contribution in [0.4, 0.5) is 0 Å². The lowest BCUT2D eigenvalue weighted by atomic mass is 10.0. The van der Waals surface area contributed by atoms with Crippen LogP contribution in [0.15, 0.2) is 60.7 Å². The quantitative estimate of drug-likeness (QED) is 0.590. The van der Waals surface area contributed by atoms with E-state index in [0.29, 0.717) is 22.2 Å². The molecule has 0 aliphatic heterocycles. The van der Waals surface area contributed by atoms with Crippen LogP contribution in [0.25, 0.3) is 11.1 Å². The fraction of sp³-hybridized carbons (Fsp3) is 0.143. The van der Waals surface area contributed by atoms with Gasteiger partial charge in [0, 0.05) is 11.9 Å². The van der Waals surface area contributed by atoms with E-state index in [9.17, 15) is 4.79 Å². The second-order valence-corrected chi connectivity index (χ2v) is 7.76. The van der Waals surface area contributed by atoms with E-state index in [2.05, 4.69) is 6.07 Å². The highest BCUT2D eigenvalue weighted by atomic mass is 35.5. The Labute approximate surface area is 167 Å². The maximum atomic E-state index is 12.2. The Morgan fingerprint density at radius 1 is 1.07 bits per heavy atom. The summed E-state index contributed by atoms with van der Waals surface area (Å²) in [4.78, 5) is 14.9. The van der Waals surface area contributed by atoms with Crippen molar-refractivity contribution in [3.05, 3.63) is 75.4 Å². The fourth-order valence-corrected chi connectivity index (χ4v) is 3.64. The first-order valence-corrected chi connectivity index (χ1v) is 9.46. The van der Waals surface area contributed by atoms with Crippen LogP contribution < -0.4 is 4.74 Å². The Balaban J connectivity index is 1.54. The van der Waals surface area contributed by atoms with Gasteiger partial charge in [-0.05, 0) is 47.5 Å². The molecule has 0 aliphatic carbocycles. The number of amides is 1. The minimum Gasteiger partial charge on any atom is -0.484 e. The molecule has 3 rings (SSSR count). The van der Waals surface area contributed by atoms with Gasteiger partial charge in [0.15, 0.2) is 6.61 Å². The number of nitriles is 1. The van der Waals surface area contributed by atoms with Gasteiger partial charge in [-0.25, -0.2) is 0 Å². The van der Waals surface area contributed by atoms with Crippen molar-refractivity contribution in [1.29, 1.82) is 5.26 Å². The monoisotopic (exact) mass is 396 g/mol. The lowest BCUT2D eigenvalue weighted by molar-refractivity contribution is -0.132. The SMILES string of the molecule is CN(Cc1ccc(Cl)s1)C(=O)COc1ccc(-c2ccc(C#N)cc2)cc1. The normalized spacial score (nSPS) is 10.3. The van der Waals surface area contributed by atoms with E-state index in [1.54, 1.807) is 24.1 Å². The van der Waals surface area contributed by atoms with E-state index in [-0.39, 0.29) is 12.5 Å². The van der Waals surface area contributed by atoms with Gasteiger partial charge in [-0.15, -0.1) is 11.3 Å². The number of hydrogen-bond acceptors (Lipinski definition) is 4. The molecule has 3 aromatic rings. The summed E-state index contributed by atoms with van der Waals surface area (Å²) in [5.74, 6) is 0.531. The van der Waals surface area contributed by atoms with E-state index in [1.807, 2.05) is 48.5 Å². The van der Waals surface area contributed by atoms with Gasteiger partial charge in [0.2, 0.25) is 0 Å². The summed E-state index contributed by atoms with van der Waals surface area (Å²) in [6.07, 6.45) is 0. The summed E-state index contributed by atoms with van der Waals surface area (Å²) in [5, 5.41) is 8.86. The second kappa shape index (κ2) is 8.72. The lowest BCUT2D eigenvalue weighted by Gasteiger charge is -2.16. The van der Waals surface area contributed by atoms with Crippen LogP contribution in [0.5, 0.6) is 5.75 Å². The number of ether oxygens (including phenoxy) is 1. The number of halogens is 1. The summed E-state index contributed by atoms with van der Waals surface area (Å²) in [5.41, 5.74) is 2.67. The lowest BCUT2D eigenvalue weighted by Crippen LogP contribution is -2.30. The summed E-state index contributed by atoms with van der Waals surface area (Å²) in [6.45, 7) is 0.489. The van der Waals surface area contributed by atoms with Gasteiger partial charge in [0.05, 0.1) is 22.5 Å². The first kappa shape index (κ1) is 19.0. The van der Waals surface area contributed by atoms with Crippen molar-refractivity contribution in [1.82, 2.24) is 4.90 Å². The van der Waals surface area contributed by atoms with Crippen molar-refractivity contribution in [2.24, 2.45) is 0 Å². The molecule has 0 radical (unpaired) electrons. The van der Waals surface area contributed by atoms with Gasteiger partial charge < -0.3 is 9.64 Å². The number of carbonyl (C=O) groups excluding carboxylic acids is 1.